The Morgan fingerprint density at radius 2 is 1.86 bits per heavy atom. The van der Waals surface area contributed by atoms with Gasteiger partial charge in [-0.25, -0.2) is 0 Å². The summed E-state index contributed by atoms with van der Waals surface area (Å²) in [5.41, 5.74) is -0.360. The van der Waals surface area contributed by atoms with Crippen molar-refractivity contribution >= 4 is 7.60 Å². The highest BCUT2D eigenvalue weighted by Crippen LogP contribution is 2.65. The van der Waals surface area contributed by atoms with Crippen molar-refractivity contribution in [2.75, 3.05) is 6.61 Å². The Morgan fingerprint density at radius 3 is 2.21 bits per heavy atom. The fourth-order valence-corrected chi connectivity index (χ4v) is 3.10. The second-order valence-electron chi connectivity index (χ2n) is 5.56. The molecular weight excluding hydrogens is 199 g/mol. The van der Waals surface area contributed by atoms with Crippen molar-refractivity contribution < 1.29 is 13.6 Å². The minimum Gasteiger partial charge on any atom is -0.308 e. The summed E-state index contributed by atoms with van der Waals surface area (Å²) < 4.78 is 23.5. The fraction of sp³-hybridized carbons (Fsp3) is 1.00. The first-order valence-corrected chi connectivity index (χ1v) is 6.58. The van der Waals surface area contributed by atoms with E-state index in [1.807, 2.05) is 41.5 Å². The predicted octanol–water partition coefficient (Wildman–Crippen LogP) is 3.44. The quantitative estimate of drug-likeness (QED) is 0.586. The maximum Gasteiger partial charge on any atom is 0.336 e. The van der Waals surface area contributed by atoms with Crippen LogP contribution in [0.15, 0.2) is 0 Å². The molecule has 3 nitrogen and oxygen atoms in total. The van der Waals surface area contributed by atoms with Gasteiger partial charge >= 0.3 is 7.60 Å². The zero-order valence-corrected chi connectivity index (χ0v) is 10.9. The summed E-state index contributed by atoms with van der Waals surface area (Å²) in [5.74, 6) is 0.270. The van der Waals surface area contributed by atoms with Crippen LogP contribution in [0.2, 0.25) is 0 Å². The van der Waals surface area contributed by atoms with Crippen molar-refractivity contribution in [3.8, 4) is 0 Å². The van der Waals surface area contributed by atoms with Gasteiger partial charge in [-0.3, -0.25) is 4.57 Å². The first-order valence-electron chi connectivity index (χ1n) is 5.04. The molecule has 1 aliphatic rings. The first kappa shape index (κ1) is 12.2. The van der Waals surface area contributed by atoms with Gasteiger partial charge in [-0.2, -0.15) is 0 Å². The van der Waals surface area contributed by atoms with E-state index >= 15 is 0 Å². The van der Waals surface area contributed by atoms with E-state index in [1.165, 1.54) is 0 Å². The Morgan fingerprint density at radius 1 is 1.36 bits per heavy atom. The van der Waals surface area contributed by atoms with E-state index in [9.17, 15) is 4.57 Å². The van der Waals surface area contributed by atoms with Gasteiger partial charge in [0.2, 0.25) is 0 Å². The van der Waals surface area contributed by atoms with Gasteiger partial charge < -0.3 is 9.05 Å². The van der Waals surface area contributed by atoms with E-state index < -0.39 is 12.8 Å². The summed E-state index contributed by atoms with van der Waals surface area (Å²) >= 11 is 0. The van der Waals surface area contributed by atoms with Crippen LogP contribution >= 0.6 is 7.60 Å². The molecule has 1 heterocycles. The largest absolute Gasteiger partial charge is 0.336 e. The molecule has 2 unspecified atom stereocenters. The van der Waals surface area contributed by atoms with Crippen molar-refractivity contribution in [2.45, 2.75) is 52.3 Å². The monoisotopic (exact) mass is 220 g/mol. The first-order chi connectivity index (χ1) is 6.08. The van der Waals surface area contributed by atoms with Crippen LogP contribution in [0.3, 0.4) is 0 Å². The molecule has 0 N–H and O–H groups in total. The molecule has 84 valence electrons. The van der Waals surface area contributed by atoms with Gasteiger partial charge in [-0.1, -0.05) is 6.92 Å². The molecule has 14 heavy (non-hydrogen) atoms. The SMILES string of the molecule is CC1COP(=O)(C(C)(C)C)OC1(C)C. The Kier molecular flexibility index (Phi) is 2.91. The van der Waals surface area contributed by atoms with Crippen LogP contribution in [0.4, 0.5) is 0 Å². The average molecular weight is 220 g/mol. The highest BCUT2D eigenvalue weighted by atomic mass is 31.2. The molecule has 0 bridgehead atoms. The van der Waals surface area contributed by atoms with E-state index in [0.29, 0.717) is 6.61 Å². The zero-order valence-electron chi connectivity index (χ0n) is 9.96. The molecule has 1 rings (SSSR count). The summed E-state index contributed by atoms with van der Waals surface area (Å²) in [4.78, 5) is 0. The van der Waals surface area contributed by atoms with Crippen molar-refractivity contribution in [3.63, 3.8) is 0 Å². The Labute approximate surface area is 86.7 Å². The molecule has 0 saturated carbocycles. The summed E-state index contributed by atoms with van der Waals surface area (Å²) in [6.45, 7) is 12.2. The average Bonchev–Trinajstić information content (AvgIpc) is 1.94. The Balaban J connectivity index is 2.93. The van der Waals surface area contributed by atoms with Gasteiger partial charge in [0.05, 0.1) is 17.4 Å². The van der Waals surface area contributed by atoms with Crippen LogP contribution in [0.5, 0.6) is 0 Å². The summed E-state index contributed by atoms with van der Waals surface area (Å²) in [6.07, 6.45) is 0. The van der Waals surface area contributed by atoms with Crippen molar-refractivity contribution in [1.29, 1.82) is 0 Å². The Hall–Kier alpha value is 0.150. The smallest absolute Gasteiger partial charge is 0.308 e. The molecule has 1 fully saturated rings. The molecule has 4 heteroatoms. The van der Waals surface area contributed by atoms with Crippen LogP contribution < -0.4 is 0 Å². The molecule has 0 spiro atoms. The topological polar surface area (TPSA) is 35.5 Å². The van der Waals surface area contributed by atoms with E-state index in [0.717, 1.165) is 0 Å². The summed E-state index contributed by atoms with van der Waals surface area (Å²) in [7, 11) is -2.96. The molecule has 1 saturated heterocycles. The lowest BCUT2D eigenvalue weighted by Gasteiger charge is -2.44. The van der Waals surface area contributed by atoms with Gasteiger partial charge in [0.1, 0.15) is 0 Å². The lowest BCUT2D eigenvalue weighted by Crippen LogP contribution is -2.41. The van der Waals surface area contributed by atoms with E-state index in [2.05, 4.69) is 0 Å². The molecular formula is C10H21O3P. The molecule has 0 aliphatic carbocycles. The van der Waals surface area contributed by atoms with Crippen LogP contribution in [-0.2, 0) is 13.6 Å². The van der Waals surface area contributed by atoms with Gasteiger partial charge in [-0.15, -0.1) is 0 Å². The van der Waals surface area contributed by atoms with Gasteiger partial charge in [-0.05, 0) is 34.6 Å². The van der Waals surface area contributed by atoms with Crippen LogP contribution in [0.25, 0.3) is 0 Å². The standard InChI is InChI=1S/C10H21O3P/c1-8-7-12-14(11,9(2,3)4)13-10(8,5)6/h8H,7H2,1-6H3. The van der Waals surface area contributed by atoms with Crippen molar-refractivity contribution in [2.24, 2.45) is 5.92 Å². The van der Waals surface area contributed by atoms with Gasteiger partial charge in [0.15, 0.2) is 0 Å². The second-order valence-corrected chi connectivity index (χ2v) is 8.34. The van der Waals surface area contributed by atoms with Gasteiger partial charge in [0.25, 0.3) is 0 Å². The van der Waals surface area contributed by atoms with E-state index in [-0.39, 0.29) is 11.5 Å². The van der Waals surface area contributed by atoms with Gasteiger partial charge in [0, 0.05) is 5.92 Å². The minimum absolute atomic E-state index is 0.270. The summed E-state index contributed by atoms with van der Waals surface area (Å²) in [5, 5.41) is -0.440. The van der Waals surface area contributed by atoms with Crippen LogP contribution in [-0.4, -0.2) is 17.4 Å². The van der Waals surface area contributed by atoms with E-state index in [4.69, 9.17) is 9.05 Å². The van der Waals surface area contributed by atoms with Crippen molar-refractivity contribution in [3.05, 3.63) is 0 Å². The second kappa shape index (κ2) is 3.33. The van der Waals surface area contributed by atoms with Crippen LogP contribution in [0, 0.1) is 5.92 Å². The van der Waals surface area contributed by atoms with E-state index in [1.54, 1.807) is 0 Å². The minimum atomic E-state index is -2.96. The molecule has 0 radical (unpaired) electrons. The van der Waals surface area contributed by atoms with Crippen molar-refractivity contribution in [1.82, 2.24) is 0 Å². The predicted molar refractivity (Wildman–Crippen MR) is 57.6 cm³/mol. The Bertz CT molecular complexity index is 265. The third-order valence-corrected chi connectivity index (χ3v) is 5.70. The zero-order chi connectivity index (χ0) is 11.2. The normalized spacial score (nSPS) is 38.3. The maximum absolute atomic E-state index is 12.4. The molecule has 1 aliphatic heterocycles. The molecule has 0 amide bonds. The van der Waals surface area contributed by atoms with Crippen LogP contribution in [0.1, 0.15) is 41.5 Å². The molecule has 0 aromatic carbocycles. The third kappa shape index (κ3) is 2.05. The lowest BCUT2D eigenvalue weighted by molar-refractivity contribution is -0.0331. The maximum atomic E-state index is 12.4. The highest BCUT2D eigenvalue weighted by Gasteiger charge is 2.49. The molecule has 0 aromatic rings. The highest BCUT2D eigenvalue weighted by molar-refractivity contribution is 7.55. The third-order valence-electron chi connectivity index (χ3n) is 2.86. The molecule has 0 aromatic heterocycles. The lowest BCUT2D eigenvalue weighted by atomic mass is 9.94. The fourth-order valence-electron chi connectivity index (χ4n) is 1.17. The summed E-state index contributed by atoms with van der Waals surface area (Å²) in [6, 6.07) is 0. The number of hydrogen-bond acceptors (Lipinski definition) is 3. The number of rotatable bonds is 0. The molecule has 2 atom stereocenters. The number of hydrogen-bond donors (Lipinski definition) is 0.